The van der Waals surface area contributed by atoms with Crippen molar-refractivity contribution in [2.45, 2.75) is 24.8 Å². The van der Waals surface area contributed by atoms with E-state index in [-0.39, 0.29) is 30.4 Å². The van der Waals surface area contributed by atoms with Crippen molar-refractivity contribution in [3.8, 4) is 11.5 Å². The minimum atomic E-state index is -3.92. The summed E-state index contributed by atoms with van der Waals surface area (Å²) in [6.07, 6.45) is -1.04. The Hall–Kier alpha value is -3.59. The van der Waals surface area contributed by atoms with Crippen LogP contribution in [-0.4, -0.2) is 40.1 Å². The molecule has 9 heteroatoms. The van der Waals surface area contributed by atoms with E-state index >= 15 is 0 Å². The molecule has 0 radical (unpaired) electrons. The third-order valence-corrected chi connectivity index (χ3v) is 7.16. The first kappa shape index (κ1) is 23.6. The zero-order valence-electron chi connectivity index (χ0n) is 18.8. The van der Waals surface area contributed by atoms with Crippen molar-refractivity contribution in [2.75, 3.05) is 24.0 Å². The number of ether oxygens (including phenoxy) is 2. The van der Waals surface area contributed by atoms with Crippen molar-refractivity contribution >= 4 is 21.6 Å². The van der Waals surface area contributed by atoms with Crippen LogP contribution in [0.15, 0.2) is 71.6 Å². The highest BCUT2D eigenvalue weighted by Crippen LogP contribution is 2.37. The predicted molar refractivity (Wildman–Crippen MR) is 126 cm³/mol. The standard InChI is InChI=1S/C25H25FN2O5S/c1-17-3-10-21(11-4-17)34(30,31)28-16-24(33-23-12-5-18(2)15-22(23)28)25(29)27-13-14-32-20-8-6-19(26)7-9-20/h3-12,15,24H,13-14,16H2,1-2H3,(H,27,29). The summed E-state index contributed by atoms with van der Waals surface area (Å²) in [5, 5.41) is 2.71. The van der Waals surface area contributed by atoms with Crippen LogP contribution in [0.2, 0.25) is 0 Å². The van der Waals surface area contributed by atoms with Gasteiger partial charge in [-0.05, 0) is 67.9 Å². The number of benzene rings is 3. The van der Waals surface area contributed by atoms with Gasteiger partial charge in [0, 0.05) is 0 Å². The molecule has 1 heterocycles. The lowest BCUT2D eigenvalue weighted by Gasteiger charge is -2.35. The summed E-state index contributed by atoms with van der Waals surface area (Å²) in [7, 11) is -3.92. The Morgan fingerprint density at radius 2 is 1.74 bits per heavy atom. The number of amides is 1. The van der Waals surface area contributed by atoms with Crippen LogP contribution in [0.5, 0.6) is 11.5 Å². The summed E-state index contributed by atoms with van der Waals surface area (Å²) in [5.74, 6) is -0.0340. The van der Waals surface area contributed by atoms with Crippen LogP contribution < -0.4 is 19.1 Å². The van der Waals surface area contributed by atoms with Crippen LogP contribution in [0.25, 0.3) is 0 Å². The Balaban J connectivity index is 1.49. The molecule has 178 valence electrons. The first-order chi connectivity index (χ1) is 16.2. The van der Waals surface area contributed by atoms with Crippen molar-refractivity contribution in [1.29, 1.82) is 0 Å². The summed E-state index contributed by atoms with van der Waals surface area (Å²) < 4.78 is 52.5. The van der Waals surface area contributed by atoms with E-state index < -0.39 is 22.0 Å². The van der Waals surface area contributed by atoms with E-state index in [1.54, 1.807) is 42.5 Å². The minimum absolute atomic E-state index is 0.138. The molecule has 0 aromatic heterocycles. The number of nitrogens with zero attached hydrogens (tertiary/aromatic N) is 1. The fourth-order valence-corrected chi connectivity index (χ4v) is 5.02. The minimum Gasteiger partial charge on any atom is -0.492 e. The van der Waals surface area contributed by atoms with Crippen molar-refractivity contribution < 1.29 is 27.1 Å². The number of fused-ring (bicyclic) bond motifs is 1. The Bertz CT molecular complexity index is 1280. The van der Waals surface area contributed by atoms with E-state index in [0.717, 1.165) is 11.1 Å². The number of sulfonamides is 1. The Morgan fingerprint density at radius 1 is 1.06 bits per heavy atom. The van der Waals surface area contributed by atoms with Crippen LogP contribution in [0.4, 0.5) is 10.1 Å². The van der Waals surface area contributed by atoms with Crippen molar-refractivity contribution in [3.63, 3.8) is 0 Å². The number of rotatable bonds is 7. The number of carbonyl (C=O) groups is 1. The summed E-state index contributed by atoms with van der Waals surface area (Å²) >= 11 is 0. The van der Waals surface area contributed by atoms with E-state index in [0.29, 0.717) is 17.2 Å². The van der Waals surface area contributed by atoms with Crippen LogP contribution >= 0.6 is 0 Å². The van der Waals surface area contributed by atoms with Gasteiger partial charge in [-0.1, -0.05) is 23.8 Å². The molecule has 34 heavy (non-hydrogen) atoms. The lowest BCUT2D eigenvalue weighted by Crippen LogP contribution is -2.51. The molecular formula is C25H25FN2O5S. The largest absolute Gasteiger partial charge is 0.492 e. The fraction of sp³-hybridized carbons (Fsp3) is 0.240. The van der Waals surface area contributed by atoms with Gasteiger partial charge >= 0.3 is 0 Å². The molecule has 1 atom stereocenters. The second kappa shape index (κ2) is 9.72. The first-order valence-electron chi connectivity index (χ1n) is 10.8. The number of carbonyl (C=O) groups excluding carboxylic acids is 1. The zero-order valence-corrected chi connectivity index (χ0v) is 19.6. The summed E-state index contributed by atoms with van der Waals surface area (Å²) in [6.45, 7) is 3.89. The SMILES string of the molecule is Cc1ccc(S(=O)(=O)N2CC(C(=O)NCCOc3ccc(F)cc3)Oc3ccc(C)cc32)cc1. The van der Waals surface area contributed by atoms with E-state index in [4.69, 9.17) is 9.47 Å². The number of aryl methyl sites for hydroxylation is 2. The molecule has 0 aliphatic carbocycles. The Kier molecular flexibility index (Phi) is 6.74. The molecule has 3 aromatic carbocycles. The van der Waals surface area contributed by atoms with Crippen molar-refractivity contribution in [2.24, 2.45) is 0 Å². The van der Waals surface area contributed by atoms with E-state index in [2.05, 4.69) is 5.32 Å². The lowest BCUT2D eigenvalue weighted by atomic mass is 10.1. The van der Waals surface area contributed by atoms with Gasteiger partial charge in [0.25, 0.3) is 15.9 Å². The van der Waals surface area contributed by atoms with Gasteiger partial charge in [-0.2, -0.15) is 0 Å². The van der Waals surface area contributed by atoms with Gasteiger partial charge in [0.15, 0.2) is 6.10 Å². The first-order valence-corrected chi connectivity index (χ1v) is 12.2. The summed E-state index contributed by atoms with van der Waals surface area (Å²) in [6, 6.07) is 17.3. The maximum atomic E-state index is 13.5. The van der Waals surface area contributed by atoms with Crippen molar-refractivity contribution in [1.82, 2.24) is 5.32 Å². The molecule has 0 saturated carbocycles. The molecule has 1 aliphatic heterocycles. The summed E-state index contributed by atoms with van der Waals surface area (Å²) in [5.41, 5.74) is 2.20. The highest BCUT2D eigenvalue weighted by molar-refractivity contribution is 7.92. The fourth-order valence-electron chi connectivity index (χ4n) is 3.55. The van der Waals surface area contributed by atoms with Gasteiger partial charge in [-0.3, -0.25) is 9.10 Å². The number of anilines is 1. The number of halogens is 1. The van der Waals surface area contributed by atoms with Crippen LogP contribution in [0, 0.1) is 19.7 Å². The molecule has 1 amide bonds. The molecule has 1 N–H and O–H groups in total. The number of hydrogen-bond acceptors (Lipinski definition) is 5. The maximum Gasteiger partial charge on any atom is 0.264 e. The molecular weight excluding hydrogens is 459 g/mol. The topological polar surface area (TPSA) is 84.9 Å². The lowest BCUT2D eigenvalue weighted by molar-refractivity contribution is -0.127. The smallest absolute Gasteiger partial charge is 0.264 e. The molecule has 0 spiro atoms. The quantitative estimate of drug-likeness (QED) is 0.518. The Labute approximate surface area is 198 Å². The van der Waals surface area contributed by atoms with Crippen molar-refractivity contribution in [3.05, 3.63) is 83.7 Å². The average molecular weight is 485 g/mol. The molecule has 0 bridgehead atoms. The third kappa shape index (κ3) is 5.14. The zero-order chi connectivity index (χ0) is 24.3. The normalized spacial score (nSPS) is 15.3. The average Bonchev–Trinajstić information content (AvgIpc) is 2.82. The van der Waals surface area contributed by atoms with Gasteiger partial charge in [0.05, 0.1) is 23.7 Å². The third-order valence-electron chi connectivity index (χ3n) is 5.37. The van der Waals surface area contributed by atoms with Gasteiger partial charge in [-0.25, -0.2) is 12.8 Å². The Morgan fingerprint density at radius 3 is 2.44 bits per heavy atom. The molecule has 0 fully saturated rings. The maximum absolute atomic E-state index is 13.5. The van der Waals surface area contributed by atoms with E-state index in [1.165, 1.54) is 28.6 Å². The molecule has 7 nitrogen and oxygen atoms in total. The molecule has 1 unspecified atom stereocenters. The van der Waals surface area contributed by atoms with Crippen LogP contribution in [0.3, 0.4) is 0 Å². The number of nitrogens with one attached hydrogen (secondary N) is 1. The molecule has 1 aliphatic rings. The number of hydrogen-bond donors (Lipinski definition) is 1. The molecule has 4 rings (SSSR count). The van der Waals surface area contributed by atoms with Gasteiger partial charge < -0.3 is 14.8 Å². The molecule has 0 saturated heterocycles. The monoisotopic (exact) mass is 484 g/mol. The van der Waals surface area contributed by atoms with Gasteiger partial charge in [0.2, 0.25) is 0 Å². The summed E-state index contributed by atoms with van der Waals surface area (Å²) in [4.78, 5) is 13.0. The predicted octanol–water partition coefficient (Wildman–Crippen LogP) is 3.59. The highest BCUT2D eigenvalue weighted by Gasteiger charge is 2.37. The van der Waals surface area contributed by atoms with E-state index in [1.807, 2.05) is 13.8 Å². The van der Waals surface area contributed by atoms with Gasteiger partial charge in [0.1, 0.15) is 23.9 Å². The second-order valence-corrected chi connectivity index (χ2v) is 9.88. The highest BCUT2D eigenvalue weighted by atomic mass is 32.2. The second-order valence-electron chi connectivity index (χ2n) is 8.02. The van der Waals surface area contributed by atoms with Crippen LogP contribution in [0.1, 0.15) is 11.1 Å². The van der Waals surface area contributed by atoms with Crippen LogP contribution in [-0.2, 0) is 14.8 Å². The van der Waals surface area contributed by atoms with Gasteiger partial charge in [-0.15, -0.1) is 0 Å². The van der Waals surface area contributed by atoms with E-state index in [9.17, 15) is 17.6 Å². The molecule has 3 aromatic rings.